The highest BCUT2D eigenvalue weighted by Gasteiger charge is 2.20. The van der Waals surface area contributed by atoms with E-state index in [2.05, 4.69) is 205 Å². The van der Waals surface area contributed by atoms with Gasteiger partial charge in [0.2, 0.25) is 0 Å². The smallest absolute Gasteiger partial charge is 0.137 e. The van der Waals surface area contributed by atoms with Gasteiger partial charge in [0.15, 0.2) is 0 Å². The first-order valence-corrected chi connectivity index (χ1v) is 18.4. The molecule has 0 spiro atoms. The maximum Gasteiger partial charge on any atom is 0.137 e. The Bertz CT molecular complexity index is 2890. The zero-order chi connectivity index (χ0) is 35.8. The quantitative estimate of drug-likeness (QED) is 0.166. The second kappa shape index (κ2) is 13.4. The number of hydrogen-bond donors (Lipinski definition) is 0. The number of fused-ring (bicyclic) bond motifs is 4. The molecule has 2 nitrogen and oxygen atoms in total. The SMILES string of the molecule is c1ccc(-c2ccc(-c3ccc(N(c4ccc(-c5ccc6ccccc6c5-c5ccccc5)cc4)c4cccc5oc6ccccc6c45)cc3)cc2)cc1. The van der Waals surface area contributed by atoms with Crippen LogP contribution in [0.4, 0.5) is 17.1 Å². The fourth-order valence-corrected chi connectivity index (χ4v) is 7.88. The average Bonchev–Trinajstić information content (AvgIpc) is 3.64. The molecular formula is C52H35NO. The Kier molecular flexibility index (Phi) is 7.85. The molecule has 254 valence electrons. The molecule has 0 N–H and O–H groups in total. The summed E-state index contributed by atoms with van der Waals surface area (Å²) >= 11 is 0. The molecule has 1 aromatic heterocycles. The van der Waals surface area contributed by atoms with Gasteiger partial charge in [0.1, 0.15) is 11.2 Å². The molecule has 0 saturated heterocycles. The zero-order valence-electron chi connectivity index (χ0n) is 29.6. The monoisotopic (exact) mass is 689 g/mol. The molecule has 0 aliphatic rings. The summed E-state index contributed by atoms with van der Waals surface area (Å²) in [6, 6.07) is 75.8. The molecule has 0 atom stereocenters. The van der Waals surface area contributed by atoms with E-state index in [-0.39, 0.29) is 0 Å². The Balaban J connectivity index is 1.09. The molecule has 10 rings (SSSR count). The lowest BCUT2D eigenvalue weighted by Gasteiger charge is -2.27. The van der Waals surface area contributed by atoms with Crippen LogP contribution in [0.3, 0.4) is 0 Å². The van der Waals surface area contributed by atoms with Crippen LogP contribution in [-0.2, 0) is 0 Å². The van der Waals surface area contributed by atoms with Gasteiger partial charge in [0.25, 0.3) is 0 Å². The van der Waals surface area contributed by atoms with Crippen molar-refractivity contribution in [3.63, 3.8) is 0 Å². The maximum absolute atomic E-state index is 6.37. The van der Waals surface area contributed by atoms with Gasteiger partial charge in [0, 0.05) is 16.8 Å². The molecule has 9 aromatic carbocycles. The minimum Gasteiger partial charge on any atom is -0.456 e. The lowest BCUT2D eigenvalue weighted by atomic mass is 9.90. The predicted octanol–water partition coefficient (Wildman–Crippen LogP) is 14.9. The van der Waals surface area contributed by atoms with Gasteiger partial charge in [-0.25, -0.2) is 0 Å². The second-order valence-electron chi connectivity index (χ2n) is 13.7. The summed E-state index contributed by atoms with van der Waals surface area (Å²) in [5, 5.41) is 4.68. The zero-order valence-corrected chi connectivity index (χ0v) is 29.6. The normalized spacial score (nSPS) is 11.3. The Hall–Kier alpha value is -7.16. The van der Waals surface area contributed by atoms with Gasteiger partial charge in [0.05, 0.1) is 11.1 Å². The van der Waals surface area contributed by atoms with Crippen molar-refractivity contribution in [2.24, 2.45) is 0 Å². The third kappa shape index (κ3) is 5.62. The van der Waals surface area contributed by atoms with Gasteiger partial charge < -0.3 is 9.32 Å². The van der Waals surface area contributed by atoms with Crippen molar-refractivity contribution in [2.45, 2.75) is 0 Å². The highest BCUT2D eigenvalue weighted by Crippen LogP contribution is 2.44. The molecule has 0 unspecified atom stereocenters. The molecule has 0 radical (unpaired) electrons. The molecule has 0 saturated carbocycles. The van der Waals surface area contributed by atoms with Gasteiger partial charge in [-0.3, -0.25) is 0 Å². The van der Waals surface area contributed by atoms with E-state index in [9.17, 15) is 0 Å². The van der Waals surface area contributed by atoms with Gasteiger partial charge >= 0.3 is 0 Å². The third-order valence-corrected chi connectivity index (χ3v) is 10.5. The first-order chi connectivity index (χ1) is 26.8. The fraction of sp³-hybridized carbons (Fsp3) is 0. The minimum atomic E-state index is 0.870. The third-order valence-electron chi connectivity index (χ3n) is 10.5. The van der Waals surface area contributed by atoms with E-state index in [1.54, 1.807) is 0 Å². The van der Waals surface area contributed by atoms with Crippen LogP contribution in [0, 0.1) is 0 Å². The molecular weight excluding hydrogens is 655 g/mol. The molecule has 0 amide bonds. The average molecular weight is 690 g/mol. The van der Waals surface area contributed by atoms with Crippen molar-refractivity contribution >= 4 is 49.8 Å². The molecule has 10 aromatic rings. The predicted molar refractivity (Wildman–Crippen MR) is 228 cm³/mol. The Labute approximate surface area is 314 Å². The molecule has 54 heavy (non-hydrogen) atoms. The van der Waals surface area contributed by atoms with Gasteiger partial charge in [-0.1, -0.05) is 170 Å². The molecule has 0 aliphatic heterocycles. The van der Waals surface area contributed by atoms with E-state index in [4.69, 9.17) is 4.42 Å². The number of benzene rings is 9. The van der Waals surface area contributed by atoms with Crippen LogP contribution in [0.1, 0.15) is 0 Å². The molecule has 0 aliphatic carbocycles. The highest BCUT2D eigenvalue weighted by molar-refractivity contribution is 6.13. The molecule has 0 bridgehead atoms. The van der Waals surface area contributed by atoms with E-state index >= 15 is 0 Å². The Morgan fingerprint density at radius 3 is 1.48 bits per heavy atom. The van der Waals surface area contributed by atoms with Gasteiger partial charge in [-0.05, 0) is 97.7 Å². The first kappa shape index (κ1) is 31.6. The number of rotatable bonds is 7. The van der Waals surface area contributed by atoms with E-state index in [0.29, 0.717) is 0 Å². The standard InChI is InChI=1S/C52H35NO/c1-3-12-36(13-4-1)37-22-24-38(25-23-37)39-26-31-43(32-27-39)53(48-19-11-21-50-52(48)47-18-9-10-20-49(47)54-50)44-33-28-41(29-34-44)46-35-30-40-14-7-8-17-45(40)51(46)42-15-5-2-6-16-42/h1-35H. The van der Waals surface area contributed by atoms with E-state index in [1.165, 1.54) is 55.3 Å². The van der Waals surface area contributed by atoms with Crippen molar-refractivity contribution in [1.29, 1.82) is 0 Å². The number of hydrogen-bond acceptors (Lipinski definition) is 2. The number of nitrogens with zero attached hydrogens (tertiary/aromatic N) is 1. The minimum absolute atomic E-state index is 0.870. The lowest BCUT2D eigenvalue weighted by molar-refractivity contribution is 0.669. The van der Waals surface area contributed by atoms with Crippen molar-refractivity contribution in [1.82, 2.24) is 0 Å². The van der Waals surface area contributed by atoms with Crippen molar-refractivity contribution in [2.75, 3.05) is 4.90 Å². The van der Waals surface area contributed by atoms with Gasteiger partial charge in [-0.15, -0.1) is 0 Å². The van der Waals surface area contributed by atoms with Crippen LogP contribution in [0.25, 0.3) is 77.2 Å². The second-order valence-corrected chi connectivity index (χ2v) is 13.7. The molecule has 1 heterocycles. The van der Waals surface area contributed by atoms with E-state index in [1.807, 2.05) is 12.1 Å². The maximum atomic E-state index is 6.37. The lowest BCUT2D eigenvalue weighted by Crippen LogP contribution is -2.10. The Morgan fingerprint density at radius 1 is 0.315 bits per heavy atom. The molecule has 2 heteroatoms. The summed E-state index contributed by atoms with van der Waals surface area (Å²) in [7, 11) is 0. The van der Waals surface area contributed by atoms with E-state index < -0.39 is 0 Å². The molecule has 0 fully saturated rings. The van der Waals surface area contributed by atoms with Crippen LogP contribution in [0.2, 0.25) is 0 Å². The van der Waals surface area contributed by atoms with Crippen LogP contribution in [0.15, 0.2) is 217 Å². The van der Waals surface area contributed by atoms with Crippen molar-refractivity contribution < 1.29 is 4.42 Å². The Morgan fingerprint density at radius 2 is 0.815 bits per heavy atom. The summed E-state index contributed by atoms with van der Waals surface area (Å²) in [6.07, 6.45) is 0. The summed E-state index contributed by atoms with van der Waals surface area (Å²) < 4.78 is 6.37. The number of para-hydroxylation sites is 1. The van der Waals surface area contributed by atoms with Gasteiger partial charge in [-0.2, -0.15) is 0 Å². The summed E-state index contributed by atoms with van der Waals surface area (Å²) in [5.74, 6) is 0. The topological polar surface area (TPSA) is 16.4 Å². The first-order valence-electron chi connectivity index (χ1n) is 18.4. The summed E-state index contributed by atoms with van der Waals surface area (Å²) in [4.78, 5) is 2.36. The largest absolute Gasteiger partial charge is 0.456 e. The summed E-state index contributed by atoms with van der Waals surface area (Å²) in [5.41, 5.74) is 14.6. The number of anilines is 3. The van der Waals surface area contributed by atoms with Crippen LogP contribution in [0.5, 0.6) is 0 Å². The van der Waals surface area contributed by atoms with Crippen molar-refractivity contribution in [3.05, 3.63) is 212 Å². The number of furan rings is 1. The summed E-state index contributed by atoms with van der Waals surface area (Å²) in [6.45, 7) is 0. The van der Waals surface area contributed by atoms with Crippen LogP contribution < -0.4 is 4.90 Å². The van der Waals surface area contributed by atoms with Crippen LogP contribution in [-0.4, -0.2) is 0 Å². The fourth-order valence-electron chi connectivity index (χ4n) is 7.88. The van der Waals surface area contributed by atoms with Crippen LogP contribution >= 0.6 is 0 Å². The van der Waals surface area contributed by atoms with E-state index in [0.717, 1.165) is 39.0 Å². The van der Waals surface area contributed by atoms with Crippen molar-refractivity contribution in [3.8, 4) is 44.5 Å². The highest BCUT2D eigenvalue weighted by atomic mass is 16.3.